The minimum absolute atomic E-state index is 0.0884. The lowest BCUT2D eigenvalue weighted by atomic mass is 10.1. The van der Waals surface area contributed by atoms with Gasteiger partial charge in [0, 0.05) is 18.0 Å². The zero-order valence-electron chi connectivity index (χ0n) is 11.6. The smallest absolute Gasteiger partial charge is 0.267 e. The molecule has 0 radical (unpaired) electrons. The fourth-order valence-electron chi connectivity index (χ4n) is 1.73. The Morgan fingerprint density at radius 1 is 1.56 bits per heavy atom. The highest BCUT2D eigenvalue weighted by Gasteiger charge is 2.25. The van der Waals surface area contributed by atoms with Crippen LogP contribution in [0.15, 0.2) is 6.07 Å². The standard InChI is InChI=1S/C13H21NO3S/c1-6-14(8-13(3,4)16)12(15)11-10(17-5)7-9(2)18-11/h7,16H,6,8H2,1-5H3. The normalized spacial score (nSPS) is 11.4. The zero-order valence-corrected chi connectivity index (χ0v) is 12.4. The van der Waals surface area contributed by atoms with Gasteiger partial charge in [-0.2, -0.15) is 0 Å². The quantitative estimate of drug-likeness (QED) is 0.894. The molecule has 0 aliphatic heterocycles. The Kier molecular flexibility index (Phi) is 4.76. The van der Waals surface area contributed by atoms with Crippen LogP contribution < -0.4 is 4.74 Å². The first-order chi connectivity index (χ1) is 8.28. The molecule has 0 saturated carbocycles. The number of amides is 1. The fraction of sp³-hybridized carbons (Fsp3) is 0.615. The zero-order chi connectivity index (χ0) is 13.9. The van der Waals surface area contributed by atoms with Crippen LogP contribution in [0, 0.1) is 6.92 Å². The Morgan fingerprint density at radius 3 is 2.61 bits per heavy atom. The lowest BCUT2D eigenvalue weighted by Crippen LogP contribution is -2.41. The molecule has 5 heteroatoms. The van der Waals surface area contributed by atoms with Crippen molar-refractivity contribution in [2.45, 2.75) is 33.3 Å². The van der Waals surface area contributed by atoms with Crippen molar-refractivity contribution in [1.82, 2.24) is 4.90 Å². The van der Waals surface area contributed by atoms with Gasteiger partial charge in [-0.1, -0.05) is 0 Å². The molecule has 0 spiro atoms. The van der Waals surface area contributed by atoms with Gasteiger partial charge in [0.15, 0.2) is 0 Å². The molecule has 0 fully saturated rings. The lowest BCUT2D eigenvalue weighted by Gasteiger charge is -2.27. The Balaban J connectivity index is 2.96. The second kappa shape index (κ2) is 5.71. The molecule has 1 amide bonds. The molecule has 1 aromatic heterocycles. The van der Waals surface area contributed by atoms with Crippen LogP contribution in [0.5, 0.6) is 5.75 Å². The number of carbonyl (C=O) groups excluding carboxylic acids is 1. The molecule has 18 heavy (non-hydrogen) atoms. The van der Waals surface area contributed by atoms with Gasteiger partial charge in [0.2, 0.25) is 0 Å². The van der Waals surface area contributed by atoms with Crippen LogP contribution in [0.4, 0.5) is 0 Å². The molecule has 0 saturated heterocycles. The van der Waals surface area contributed by atoms with Crippen molar-refractivity contribution in [1.29, 1.82) is 0 Å². The van der Waals surface area contributed by atoms with Crippen molar-refractivity contribution in [3.05, 3.63) is 15.8 Å². The first-order valence-electron chi connectivity index (χ1n) is 5.94. The van der Waals surface area contributed by atoms with E-state index in [1.54, 1.807) is 25.9 Å². The highest BCUT2D eigenvalue weighted by molar-refractivity contribution is 7.14. The van der Waals surface area contributed by atoms with Gasteiger partial charge in [0.1, 0.15) is 10.6 Å². The van der Waals surface area contributed by atoms with E-state index < -0.39 is 5.60 Å². The Morgan fingerprint density at radius 2 is 2.17 bits per heavy atom. The van der Waals surface area contributed by atoms with Gasteiger partial charge in [0.05, 0.1) is 12.7 Å². The van der Waals surface area contributed by atoms with Gasteiger partial charge < -0.3 is 14.7 Å². The van der Waals surface area contributed by atoms with E-state index in [2.05, 4.69) is 0 Å². The molecular weight excluding hydrogens is 250 g/mol. The predicted octanol–water partition coefficient (Wildman–Crippen LogP) is 2.30. The minimum Gasteiger partial charge on any atom is -0.495 e. The van der Waals surface area contributed by atoms with Crippen molar-refractivity contribution in [2.75, 3.05) is 20.2 Å². The van der Waals surface area contributed by atoms with Gasteiger partial charge in [-0.3, -0.25) is 4.79 Å². The number of ether oxygens (including phenoxy) is 1. The first kappa shape index (κ1) is 15.0. The topological polar surface area (TPSA) is 49.8 Å². The highest BCUT2D eigenvalue weighted by Crippen LogP contribution is 2.30. The fourth-order valence-corrected chi connectivity index (χ4v) is 2.68. The number of methoxy groups -OCH3 is 1. The summed E-state index contributed by atoms with van der Waals surface area (Å²) in [6, 6.07) is 1.86. The average Bonchev–Trinajstić information content (AvgIpc) is 2.65. The van der Waals surface area contributed by atoms with E-state index in [4.69, 9.17) is 4.74 Å². The molecule has 0 unspecified atom stereocenters. The number of thiophene rings is 1. The van der Waals surface area contributed by atoms with Crippen molar-refractivity contribution in [3.63, 3.8) is 0 Å². The summed E-state index contributed by atoms with van der Waals surface area (Å²) in [5.74, 6) is 0.520. The third-order valence-corrected chi connectivity index (χ3v) is 3.50. The van der Waals surface area contributed by atoms with Crippen LogP contribution in [-0.2, 0) is 0 Å². The van der Waals surface area contributed by atoms with Crippen LogP contribution in [0.3, 0.4) is 0 Å². The van der Waals surface area contributed by atoms with Crippen molar-refractivity contribution >= 4 is 17.2 Å². The summed E-state index contributed by atoms with van der Waals surface area (Å²) in [5.41, 5.74) is -0.898. The van der Waals surface area contributed by atoms with Crippen molar-refractivity contribution < 1.29 is 14.6 Å². The molecule has 1 aromatic rings. The van der Waals surface area contributed by atoms with E-state index in [0.717, 1.165) is 4.88 Å². The van der Waals surface area contributed by atoms with Gasteiger partial charge in [-0.15, -0.1) is 11.3 Å². The van der Waals surface area contributed by atoms with Crippen LogP contribution in [0.1, 0.15) is 35.3 Å². The number of likely N-dealkylation sites (N-methyl/N-ethyl adjacent to an activating group) is 1. The van der Waals surface area contributed by atoms with E-state index in [9.17, 15) is 9.90 Å². The van der Waals surface area contributed by atoms with Crippen LogP contribution >= 0.6 is 11.3 Å². The molecule has 4 nitrogen and oxygen atoms in total. The Labute approximate surface area is 112 Å². The molecule has 102 valence electrons. The second-order valence-electron chi connectivity index (χ2n) is 4.89. The number of aryl methyl sites for hydroxylation is 1. The summed E-state index contributed by atoms with van der Waals surface area (Å²) in [5, 5.41) is 9.82. The molecular formula is C13H21NO3S. The van der Waals surface area contributed by atoms with Crippen molar-refractivity contribution in [3.8, 4) is 5.75 Å². The second-order valence-corrected chi connectivity index (χ2v) is 6.14. The molecule has 1 rings (SSSR count). The van der Waals surface area contributed by atoms with Gasteiger partial charge >= 0.3 is 0 Å². The molecule has 0 atom stereocenters. The summed E-state index contributed by atoms with van der Waals surface area (Å²) in [6.07, 6.45) is 0. The summed E-state index contributed by atoms with van der Waals surface area (Å²) in [7, 11) is 1.56. The van der Waals surface area contributed by atoms with Crippen LogP contribution in [-0.4, -0.2) is 41.7 Å². The Hall–Kier alpha value is -1.07. The monoisotopic (exact) mass is 271 g/mol. The maximum absolute atomic E-state index is 12.4. The number of aliphatic hydroxyl groups is 1. The number of nitrogens with zero attached hydrogens (tertiary/aromatic N) is 1. The largest absolute Gasteiger partial charge is 0.495 e. The predicted molar refractivity (Wildman–Crippen MR) is 73.5 cm³/mol. The van der Waals surface area contributed by atoms with Crippen LogP contribution in [0.25, 0.3) is 0 Å². The molecule has 0 aromatic carbocycles. The van der Waals surface area contributed by atoms with E-state index in [1.165, 1.54) is 11.3 Å². The molecule has 0 aliphatic rings. The van der Waals surface area contributed by atoms with Crippen LogP contribution in [0.2, 0.25) is 0 Å². The third-order valence-electron chi connectivity index (χ3n) is 2.48. The molecule has 0 aliphatic carbocycles. The van der Waals surface area contributed by atoms with Gasteiger partial charge in [0.25, 0.3) is 5.91 Å². The highest BCUT2D eigenvalue weighted by atomic mass is 32.1. The van der Waals surface area contributed by atoms with E-state index in [-0.39, 0.29) is 5.91 Å². The van der Waals surface area contributed by atoms with E-state index >= 15 is 0 Å². The van der Waals surface area contributed by atoms with Gasteiger partial charge in [-0.25, -0.2) is 0 Å². The molecule has 1 N–H and O–H groups in total. The maximum atomic E-state index is 12.4. The number of carbonyl (C=O) groups is 1. The number of rotatable bonds is 5. The lowest BCUT2D eigenvalue weighted by molar-refractivity contribution is 0.0316. The minimum atomic E-state index is -0.898. The third kappa shape index (κ3) is 3.71. The number of hydrogen-bond acceptors (Lipinski definition) is 4. The van der Waals surface area contributed by atoms with Crippen molar-refractivity contribution in [2.24, 2.45) is 0 Å². The summed E-state index contributed by atoms with van der Waals surface area (Å²) < 4.78 is 5.21. The van der Waals surface area contributed by atoms with Gasteiger partial charge in [-0.05, 0) is 33.8 Å². The Bertz CT molecular complexity index is 420. The first-order valence-corrected chi connectivity index (χ1v) is 6.76. The maximum Gasteiger partial charge on any atom is 0.267 e. The van der Waals surface area contributed by atoms with E-state index in [0.29, 0.717) is 23.7 Å². The summed E-state index contributed by atoms with van der Waals surface area (Å²) in [6.45, 7) is 8.10. The summed E-state index contributed by atoms with van der Waals surface area (Å²) >= 11 is 1.42. The summed E-state index contributed by atoms with van der Waals surface area (Å²) in [4.78, 5) is 15.7. The number of hydrogen-bond donors (Lipinski definition) is 1. The SMILES string of the molecule is CCN(CC(C)(C)O)C(=O)c1sc(C)cc1OC. The van der Waals surface area contributed by atoms with E-state index in [1.807, 2.05) is 19.9 Å². The molecule has 1 heterocycles. The molecule has 0 bridgehead atoms. The average molecular weight is 271 g/mol.